The summed E-state index contributed by atoms with van der Waals surface area (Å²) in [4.78, 5) is 27.1. The number of aliphatic carboxylic acids is 1. The van der Waals surface area contributed by atoms with Crippen molar-refractivity contribution in [2.45, 2.75) is 64.1 Å². The van der Waals surface area contributed by atoms with Crippen molar-refractivity contribution in [3.63, 3.8) is 0 Å². The number of hydrogen-bond acceptors (Lipinski definition) is 4. The van der Waals surface area contributed by atoms with Crippen molar-refractivity contribution >= 4 is 12.1 Å². The van der Waals surface area contributed by atoms with E-state index < -0.39 is 11.6 Å². The molecular formula is C15H26N2O4. The summed E-state index contributed by atoms with van der Waals surface area (Å²) in [5, 5.41) is 9.26. The van der Waals surface area contributed by atoms with Gasteiger partial charge in [0.25, 0.3) is 0 Å². The normalized spacial score (nSPS) is 25.1. The van der Waals surface area contributed by atoms with Crippen LogP contribution in [0, 0.1) is 0 Å². The van der Waals surface area contributed by atoms with Gasteiger partial charge >= 0.3 is 12.1 Å². The number of piperidine rings is 1. The van der Waals surface area contributed by atoms with Crippen LogP contribution in [0.5, 0.6) is 0 Å². The van der Waals surface area contributed by atoms with Gasteiger partial charge in [0, 0.05) is 19.1 Å². The predicted molar refractivity (Wildman–Crippen MR) is 78.2 cm³/mol. The first-order valence-corrected chi connectivity index (χ1v) is 7.74. The van der Waals surface area contributed by atoms with Crippen molar-refractivity contribution < 1.29 is 19.4 Å². The smallest absolute Gasteiger partial charge is 0.410 e. The van der Waals surface area contributed by atoms with E-state index in [1.165, 1.54) is 0 Å². The first-order valence-electron chi connectivity index (χ1n) is 7.74. The van der Waals surface area contributed by atoms with Crippen LogP contribution in [-0.4, -0.2) is 64.3 Å². The fourth-order valence-electron chi connectivity index (χ4n) is 3.20. The SMILES string of the molecule is CC(C)(C)OC(=O)N1CCC(N2CCCC2C(=O)O)CC1. The van der Waals surface area contributed by atoms with Crippen LogP contribution >= 0.6 is 0 Å². The summed E-state index contributed by atoms with van der Waals surface area (Å²) >= 11 is 0. The highest BCUT2D eigenvalue weighted by atomic mass is 16.6. The van der Waals surface area contributed by atoms with E-state index in [0.29, 0.717) is 13.1 Å². The van der Waals surface area contributed by atoms with Crippen LogP contribution in [0.2, 0.25) is 0 Å². The second-order valence-corrected chi connectivity index (χ2v) is 6.93. The second kappa shape index (κ2) is 6.22. The van der Waals surface area contributed by atoms with Crippen molar-refractivity contribution in [3.8, 4) is 0 Å². The van der Waals surface area contributed by atoms with Crippen LogP contribution in [0.1, 0.15) is 46.5 Å². The van der Waals surface area contributed by atoms with Crippen molar-refractivity contribution in [2.75, 3.05) is 19.6 Å². The first-order chi connectivity index (χ1) is 9.78. The Morgan fingerprint density at radius 2 is 1.71 bits per heavy atom. The zero-order valence-corrected chi connectivity index (χ0v) is 13.2. The predicted octanol–water partition coefficient (Wildman–Crippen LogP) is 1.93. The van der Waals surface area contributed by atoms with Gasteiger partial charge in [-0.05, 0) is 53.0 Å². The van der Waals surface area contributed by atoms with Gasteiger partial charge in [0.05, 0.1) is 0 Å². The highest BCUT2D eigenvalue weighted by molar-refractivity contribution is 5.74. The number of nitrogens with zero attached hydrogens (tertiary/aromatic N) is 2. The Bertz CT molecular complexity index is 397. The maximum Gasteiger partial charge on any atom is 0.410 e. The first kappa shape index (κ1) is 16.1. The number of carbonyl (C=O) groups excluding carboxylic acids is 1. The van der Waals surface area contributed by atoms with Gasteiger partial charge in [0.2, 0.25) is 0 Å². The molecule has 2 fully saturated rings. The van der Waals surface area contributed by atoms with E-state index in [9.17, 15) is 14.7 Å². The summed E-state index contributed by atoms with van der Waals surface area (Å²) in [5.41, 5.74) is -0.475. The van der Waals surface area contributed by atoms with Crippen molar-refractivity contribution in [3.05, 3.63) is 0 Å². The van der Waals surface area contributed by atoms with Crippen molar-refractivity contribution in [2.24, 2.45) is 0 Å². The molecule has 6 nitrogen and oxygen atoms in total. The van der Waals surface area contributed by atoms with Gasteiger partial charge in [0.15, 0.2) is 0 Å². The van der Waals surface area contributed by atoms with E-state index in [4.69, 9.17) is 4.74 Å². The van der Waals surface area contributed by atoms with Crippen LogP contribution in [0.15, 0.2) is 0 Å². The van der Waals surface area contributed by atoms with Crippen LogP contribution < -0.4 is 0 Å². The Labute approximate surface area is 126 Å². The number of carboxylic acids is 1. The summed E-state index contributed by atoms with van der Waals surface area (Å²) < 4.78 is 5.38. The molecule has 0 radical (unpaired) electrons. The van der Waals surface area contributed by atoms with Gasteiger partial charge < -0.3 is 14.7 Å². The molecule has 0 aromatic rings. The van der Waals surface area contributed by atoms with Crippen LogP contribution in [-0.2, 0) is 9.53 Å². The molecule has 0 aliphatic carbocycles. The monoisotopic (exact) mass is 298 g/mol. The molecule has 0 spiro atoms. The molecular weight excluding hydrogens is 272 g/mol. The number of ether oxygens (including phenoxy) is 1. The molecule has 2 heterocycles. The minimum absolute atomic E-state index is 0.267. The van der Waals surface area contributed by atoms with E-state index in [2.05, 4.69) is 4.90 Å². The molecule has 0 aromatic carbocycles. The lowest BCUT2D eigenvalue weighted by Crippen LogP contribution is -2.50. The number of hydrogen-bond donors (Lipinski definition) is 1. The topological polar surface area (TPSA) is 70.1 Å². The summed E-state index contributed by atoms with van der Waals surface area (Å²) in [6, 6.07) is -0.0737. The Morgan fingerprint density at radius 1 is 1.10 bits per heavy atom. The lowest BCUT2D eigenvalue weighted by Gasteiger charge is -2.38. The number of carbonyl (C=O) groups is 2. The van der Waals surface area contributed by atoms with Gasteiger partial charge in [-0.25, -0.2) is 4.79 Å². The maximum atomic E-state index is 12.0. The molecule has 0 aromatic heterocycles. The zero-order valence-electron chi connectivity index (χ0n) is 13.2. The number of rotatable bonds is 2. The maximum absolute atomic E-state index is 12.0. The molecule has 1 N–H and O–H groups in total. The van der Waals surface area contributed by atoms with E-state index in [-0.39, 0.29) is 18.2 Å². The third-order valence-electron chi connectivity index (χ3n) is 4.16. The van der Waals surface area contributed by atoms with Crippen molar-refractivity contribution in [1.82, 2.24) is 9.80 Å². The van der Waals surface area contributed by atoms with Gasteiger partial charge in [-0.3, -0.25) is 9.69 Å². The van der Waals surface area contributed by atoms with Gasteiger partial charge in [-0.2, -0.15) is 0 Å². The van der Waals surface area contributed by atoms with Crippen LogP contribution in [0.3, 0.4) is 0 Å². The standard InChI is InChI=1S/C15H26N2O4/c1-15(2,3)21-14(20)16-9-6-11(7-10-16)17-8-4-5-12(17)13(18)19/h11-12H,4-10H2,1-3H3,(H,18,19). The quantitative estimate of drug-likeness (QED) is 0.843. The zero-order chi connectivity index (χ0) is 15.6. The van der Waals surface area contributed by atoms with Crippen LogP contribution in [0.4, 0.5) is 4.79 Å². The fourth-order valence-corrected chi connectivity index (χ4v) is 3.20. The lowest BCUT2D eigenvalue weighted by atomic mass is 10.0. The number of likely N-dealkylation sites (tertiary alicyclic amines) is 2. The van der Waals surface area contributed by atoms with E-state index >= 15 is 0 Å². The average Bonchev–Trinajstić information content (AvgIpc) is 2.86. The third kappa shape index (κ3) is 4.09. The molecule has 2 saturated heterocycles. The highest BCUT2D eigenvalue weighted by Crippen LogP contribution is 2.26. The molecule has 2 aliphatic heterocycles. The second-order valence-electron chi connectivity index (χ2n) is 6.93. The van der Waals surface area contributed by atoms with E-state index in [0.717, 1.165) is 32.2 Å². The van der Waals surface area contributed by atoms with E-state index in [1.54, 1.807) is 4.90 Å². The molecule has 0 bridgehead atoms. The molecule has 2 aliphatic rings. The number of amides is 1. The van der Waals surface area contributed by atoms with Gasteiger partial charge in [-0.15, -0.1) is 0 Å². The lowest BCUT2D eigenvalue weighted by molar-refractivity contribution is -0.143. The average molecular weight is 298 g/mol. The third-order valence-corrected chi connectivity index (χ3v) is 4.16. The molecule has 1 amide bonds. The molecule has 21 heavy (non-hydrogen) atoms. The molecule has 1 atom stereocenters. The highest BCUT2D eigenvalue weighted by Gasteiger charge is 2.37. The Hall–Kier alpha value is -1.30. The summed E-state index contributed by atoms with van der Waals surface area (Å²) in [6.45, 7) is 7.72. The summed E-state index contributed by atoms with van der Waals surface area (Å²) in [7, 11) is 0. The number of carboxylic acid groups (broad SMARTS) is 1. The largest absolute Gasteiger partial charge is 0.480 e. The van der Waals surface area contributed by atoms with Crippen molar-refractivity contribution in [1.29, 1.82) is 0 Å². The Kier molecular flexibility index (Phi) is 4.76. The molecule has 6 heteroatoms. The minimum Gasteiger partial charge on any atom is -0.480 e. The fraction of sp³-hybridized carbons (Fsp3) is 0.867. The Morgan fingerprint density at radius 3 is 2.24 bits per heavy atom. The van der Waals surface area contributed by atoms with Gasteiger partial charge in [0.1, 0.15) is 11.6 Å². The summed E-state index contributed by atoms with van der Waals surface area (Å²) in [5.74, 6) is -0.720. The van der Waals surface area contributed by atoms with Gasteiger partial charge in [-0.1, -0.05) is 0 Å². The molecule has 1 unspecified atom stereocenters. The minimum atomic E-state index is -0.720. The molecule has 0 saturated carbocycles. The summed E-state index contributed by atoms with van der Waals surface area (Å²) in [6.07, 6.45) is 3.06. The molecule has 120 valence electrons. The Balaban J connectivity index is 1.86. The van der Waals surface area contributed by atoms with E-state index in [1.807, 2.05) is 20.8 Å². The molecule has 2 rings (SSSR count). The van der Waals surface area contributed by atoms with Crippen LogP contribution in [0.25, 0.3) is 0 Å².